The van der Waals surface area contributed by atoms with Crippen molar-refractivity contribution in [2.45, 2.75) is 84.7 Å². The van der Waals surface area contributed by atoms with Crippen molar-refractivity contribution >= 4 is 14.3 Å². The first-order chi connectivity index (χ1) is 8.82. The van der Waals surface area contributed by atoms with Gasteiger partial charge in [-0.3, -0.25) is 4.79 Å². The van der Waals surface area contributed by atoms with E-state index < -0.39 is 8.32 Å². The maximum Gasteiger partial charge on any atom is 0.304 e. The molecule has 0 saturated carbocycles. The highest BCUT2D eigenvalue weighted by Gasteiger charge is 2.62. The minimum absolute atomic E-state index is 0.118. The summed E-state index contributed by atoms with van der Waals surface area (Å²) in [4.78, 5) is 11.4. The van der Waals surface area contributed by atoms with Gasteiger partial charge in [0.05, 0.1) is 0 Å². The topological polar surface area (TPSA) is 35.5 Å². The Hall–Kier alpha value is -0.353. The van der Waals surface area contributed by atoms with Gasteiger partial charge in [-0.25, -0.2) is 0 Å². The molecule has 0 aromatic heterocycles. The fraction of sp³-hybridized carbons (Fsp3) is 0.938. The average molecular weight is 301 g/mol. The first kappa shape index (κ1) is 17.7. The molecule has 2 atom stereocenters. The monoisotopic (exact) mass is 300 g/mol. The van der Waals surface area contributed by atoms with Crippen molar-refractivity contribution in [3.05, 3.63) is 0 Å². The third-order valence-corrected chi connectivity index (χ3v) is 11.3. The molecule has 1 unspecified atom stereocenters. The molecule has 0 amide bonds. The van der Waals surface area contributed by atoms with Gasteiger partial charge in [-0.05, 0) is 22.0 Å². The Morgan fingerprint density at radius 1 is 1.15 bits per heavy atom. The van der Waals surface area contributed by atoms with Crippen LogP contribution in [-0.2, 0) is 14.0 Å². The molecule has 0 spiro atoms. The van der Waals surface area contributed by atoms with E-state index in [-0.39, 0.29) is 22.3 Å². The van der Waals surface area contributed by atoms with Gasteiger partial charge in [-0.2, -0.15) is 0 Å². The Labute approximate surface area is 125 Å². The molecule has 1 aliphatic rings. The molecule has 118 valence electrons. The van der Waals surface area contributed by atoms with Crippen LogP contribution in [-0.4, -0.2) is 20.6 Å². The molecule has 1 saturated heterocycles. The van der Waals surface area contributed by atoms with Crippen molar-refractivity contribution in [3.8, 4) is 0 Å². The number of hydrogen-bond acceptors (Lipinski definition) is 3. The van der Waals surface area contributed by atoms with Crippen LogP contribution in [0.15, 0.2) is 0 Å². The molecule has 4 heteroatoms. The van der Waals surface area contributed by atoms with Crippen LogP contribution in [0.25, 0.3) is 0 Å². The highest BCUT2D eigenvalue weighted by atomic mass is 28.4. The zero-order chi connectivity index (χ0) is 15.9. The standard InChI is InChI=1S/C16H32O3Si/c1-11(2)13-10-20(15(4,5)6,16(7,8)9)19-14(13)18-12(3)17/h11,13-14H,10H2,1-9H3/t13-,14?/m0/s1. The van der Waals surface area contributed by atoms with E-state index in [9.17, 15) is 4.79 Å². The number of esters is 1. The van der Waals surface area contributed by atoms with E-state index in [0.717, 1.165) is 6.04 Å². The largest absolute Gasteiger partial charge is 0.437 e. The molecule has 0 bridgehead atoms. The quantitative estimate of drug-likeness (QED) is 0.546. The van der Waals surface area contributed by atoms with Crippen molar-refractivity contribution in [1.29, 1.82) is 0 Å². The summed E-state index contributed by atoms with van der Waals surface area (Å²) in [5, 5.41) is 0.237. The molecule has 0 aliphatic carbocycles. The second kappa shape index (κ2) is 5.45. The van der Waals surface area contributed by atoms with Gasteiger partial charge in [0.25, 0.3) is 0 Å². The molecule has 0 aromatic carbocycles. The zero-order valence-electron chi connectivity index (χ0n) is 14.7. The normalized spacial score (nSPS) is 26.9. The Morgan fingerprint density at radius 2 is 1.60 bits per heavy atom. The van der Waals surface area contributed by atoms with E-state index in [1.165, 1.54) is 6.92 Å². The summed E-state index contributed by atoms with van der Waals surface area (Å²) in [5.41, 5.74) is 0. The maximum absolute atomic E-state index is 11.4. The third kappa shape index (κ3) is 3.11. The van der Waals surface area contributed by atoms with Crippen LogP contribution in [0.5, 0.6) is 0 Å². The average Bonchev–Trinajstić information content (AvgIpc) is 2.55. The van der Waals surface area contributed by atoms with Crippen molar-refractivity contribution in [1.82, 2.24) is 0 Å². The van der Waals surface area contributed by atoms with E-state index >= 15 is 0 Å². The highest BCUT2D eigenvalue weighted by Crippen LogP contribution is 2.60. The fourth-order valence-electron chi connectivity index (χ4n) is 3.68. The molecule has 1 aliphatic heterocycles. The zero-order valence-corrected chi connectivity index (χ0v) is 15.7. The fourth-order valence-corrected chi connectivity index (χ4v) is 9.90. The third-order valence-electron chi connectivity index (χ3n) is 4.75. The van der Waals surface area contributed by atoms with E-state index in [1.54, 1.807) is 0 Å². The summed E-state index contributed by atoms with van der Waals surface area (Å²) in [6.45, 7) is 19.5. The number of rotatable bonds is 2. The lowest BCUT2D eigenvalue weighted by molar-refractivity contribution is -0.167. The summed E-state index contributed by atoms with van der Waals surface area (Å²) in [6.07, 6.45) is -0.363. The maximum atomic E-state index is 11.4. The Morgan fingerprint density at radius 3 is 1.90 bits per heavy atom. The predicted molar refractivity (Wildman–Crippen MR) is 85.0 cm³/mol. The van der Waals surface area contributed by atoms with Gasteiger partial charge in [-0.15, -0.1) is 0 Å². The molecular formula is C16H32O3Si. The molecule has 20 heavy (non-hydrogen) atoms. The first-order valence-corrected chi connectivity index (χ1v) is 9.78. The van der Waals surface area contributed by atoms with Gasteiger partial charge in [0.2, 0.25) is 8.32 Å². The lowest BCUT2D eigenvalue weighted by atomic mass is 9.97. The van der Waals surface area contributed by atoms with Crippen molar-refractivity contribution in [2.75, 3.05) is 0 Å². The summed E-state index contributed by atoms with van der Waals surface area (Å²) >= 11 is 0. The number of ether oxygens (including phenoxy) is 1. The van der Waals surface area contributed by atoms with Crippen LogP contribution in [0, 0.1) is 11.8 Å². The molecule has 0 aromatic rings. The van der Waals surface area contributed by atoms with E-state index in [1.807, 2.05) is 0 Å². The van der Waals surface area contributed by atoms with Crippen LogP contribution in [0.4, 0.5) is 0 Å². The van der Waals surface area contributed by atoms with Crippen LogP contribution < -0.4 is 0 Å². The van der Waals surface area contributed by atoms with E-state index in [4.69, 9.17) is 9.16 Å². The molecule has 0 radical (unpaired) electrons. The van der Waals surface area contributed by atoms with Crippen LogP contribution in [0.2, 0.25) is 16.1 Å². The van der Waals surface area contributed by atoms with Gasteiger partial charge in [0, 0.05) is 12.8 Å². The summed E-state index contributed by atoms with van der Waals surface area (Å²) in [7, 11) is -2.07. The van der Waals surface area contributed by atoms with E-state index in [0.29, 0.717) is 11.8 Å². The van der Waals surface area contributed by atoms with Gasteiger partial charge in [0.15, 0.2) is 6.29 Å². The Balaban J connectivity index is 3.21. The number of carbonyl (C=O) groups excluding carboxylic acids is 1. The van der Waals surface area contributed by atoms with Gasteiger partial charge in [-0.1, -0.05) is 55.4 Å². The summed E-state index contributed by atoms with van der Waals surface area (Å²) in [6, 6.07) is 1.07. The molecule has 3 nitrogen and oxygen atoms in total. The second-order valence-electron chi connectivity index (χ2n) is 8.53. The summed E-state index contributed by atoms with van der Waals surface area (Å²) in [5.74, 6) is 0.524. The highest BCUT2D eigenvalue weighted by molar-refractivity contribution is 6.80. The molecule has 1 rings (SSSR count). The van der Waals surface area contributed by atoms with Crippen LogP contribution in [0.3, 0.4) is 0 Å². The second-order valence-corrected chi connectivity index (χ2v) is 13.8. The lowest BCUT2D eigenvalue weighted by Gasteiger charge is -2.48. The van der Waals surface area contributed by atoms with Gasteiger partial charge >= 0.3 is 5.97 Å². The minimum Gasteiger partial charge on any atom is -0.437 e. The molecular weight excluding hydrogens is 268 g/mol. The first-order valence-electron chi connectivity index (χ1n) is 7.67. The predicted octanol–water partition coefficient (Wildman–Crippen LogP) is 4.72. The number of hydrogen-bond donors (Lipinski definition) is 0. The smallest absolute Gasteiger partial charge is 0.304 e. The minimum atomic E-state index is -2.07. The molecule has 1 heterocycles. The Bertz CT molecular complexity index is 349. The van der Waals surface area contributed by atoms with Gasteiger partial charge in [0.1, 0.15) is 0 Å². The summed E-state index contributed by atoms with van der Waals surface area (Å²) < 4.78 is 12.1. The molecule has 1 fully saturated rings. The Kier molecular flexibility index (Phi) is 4.82. The van der Waals surface area contributed by atoms with Gasteiger partial charge < -0.3 is 9.16 Å². The lowest BCUT2D eigenvalue weighted by Crippen LogP contribution is -2.52. The van der Waals surface area contributed by atoms with Crippen molar-refractivity contribution < 1.29 is 14.0 Å². The van der Waals surface area contributed by atoms with Crippen LogP contribution >= 0.6 is 0 Å². The van der Waals surface area contributed by atoms with Crippen molar-refractivity contribution in [2.24, 2.45) is 11.8 Å². The van der Waals surface area contributed by atoms with Crippen LogP contribution in [0.1, 0.15) is 62.3 Å². The molecule has 0 N–H and O–H groups in total. The van der Waals surface area contributed by atoms with Crippen molar-refractivity contribution in [3.63, 3.8) is 0 Å². The SMILES string of the molecule is CC(=O)OC1O[Si](C(C)(C)C)(C(C)(C)C)C[C@H]1C(C)C. The number of carbonyl (C=O) groups is 1. The van der Waals surface area contributed by atoms with E-state index in [2.05, 4.69) is 55.4 Å².